The van der Waals surface area contributed by atoms with E-state index in [0.29, 0.717) is 0 Å². The van der Waals surface area contributed by atoms with Gasteiger partial charge in [-0.15, -0.1) is 0 Å². The third kappa shape index (κ3) is 3.49. The predicted octanol–water partition coefficient (Wildman–Crippen LogP) is 0.774. The Bertz CT molecular complexity index is 569. The molecule has 19 heavy (non-hydrogen) atoms. The van der Waals surface area contributed by atoms with Gasteiger partial charge in [-0.2, -0.15) is 0 Å². The van der Waals surface area contributed by atoms with E-state index in [2.05, 4.69) is 5.32 Å². The summed E-state index contributed by atoms with van der Waals surface area (Å²) in [5.41, 5.74) is 0.0855. The fourth-order valence-electron chi connectivity index (χ4n) is 2.11. The summed E-state index contributed by atoms with van der Waals surface area (Å²) in [6, 6.07) is 1.79. The lowest BCUT2D eigenvalue weighted by Crippen LogP contribution is -2.43. The SMILES string of the molecule is CS(=O)(=O)c1cc(F)cc(CN2CCNCC2)c1F. The lowest BCUT2D eigenvalue weighted by atomic mass is 10.2. The van der Waals surface area contributed by atoms with Crippen molar-refractivity contribution in [2.24, 2.45) is 0 Å². The van der Waals surface area contributed by atoms with Crippen LogP contribution in [-0.4, -0.2) is 45.8 Å². The largest absolute Gasteiger partial charge is 0.314 e. The maximum Gasteiger partial charge on any atom is 0.178 e. The third-order valence-corrected chi connectivity index (χ3v) is 4.18. The first-order chi connectivity index (χ1) is 8.88. The summed E-state index contributed by atoms with van der Waals surface area (Å²) < 4.78 is 50.4. The molecule has 1 fully saturated rings. The molecule has 4 nitrogen and oxygen atoms in total. The smallest absolute Gasteiger partial charge is 0.178 e. The Balaban J connectivity index is 2.32. The molecule has 1 aromatic carbocycles. The van der Waals surface area contributed by atoms with Gasteiger partial charge in [-0.1, -0.05) is 0 Å². The van der Waals surface area contributed by atoms with Gasteiger partial charge in [-0.25, -0.2) is 17.2 Å². The second-order valence-corrected chi connectivity index (χ2v) is 6.66. The maximum atomic E-state index is 14.1. The van der Waals surface area contributed by atoms with E-state index >= 15 is 0 Å². The monoisotopic (exact) mass is 290 g/mol. The molecule has 0 aliphatic carbocycles. The highest BCUT2D eigenvalue weighted by Gasteiger charge is 2.21. The van der Waals surface area contributed by atoms with Crippen molar-refractivity contribution in [3.05, 3.63) is 29.3 Å². The number of benzene rings is 1. The van der Waals surface area contributed by atoms with Gasteiger partial charge in [-0.3, -0.25) is 4.90 Å². The fraction of sp³-hybridized carbons (Fsp3) is 0.500. The Labute approximate surface area is 111 Å². The van der Waals surface area contributed by atoms with E-state index in [1.54, 1.807) is 0 Å². The zero-order valence-corrected chi connectivity index (χ0v) is 11.4. The van der Waals surface area contributed by atoms with Gasteiger partial charge in [0.15, 0.2) is 9.84 Å². The van der Waals surface area contributed by atoms with Crippen molar-refractivity contribution in [1.29, 1.82) is 0 Å². The maximum absolute atomic E-state index is 14.1. The topological polar surface area (TPSA) is 49.4 Å². The van der Waals surface area contributed by atoms with Gasteiger partial charge < -0.3 is 5.32 Å². The van der Waals surface area contributed by atoms with E-state index in [1.807, 2.05) is 4.90 Å². The standard InChI is InChI=1S/C12H16F2N2O2S/c1-19(17,18)11-7-10(13)6-9(12(11)14)8-16-4-2-15-3-5-16/h6-7,15H,2-5,8H2,1H3. The molecule has 0 spiro atoms. The van der Waals surface area contributed by atoms with Crippen LogP contribution in [0.1, 0.15) is 5.56 Å². The number of halogens is 2. The first-order valence-electron chi connectivity index (χ1n) is 5.99. The molecule has 0 radical (unpaired) electrons. The van der Waals surface area contributed by atoms with Crippen LogP contribution in [0.4, 0.5) is 8.78 Å². The van der Waals surface area contributed by atoms with Gasteiger partial charge in [0.1, 0.15) is 16.5 Å². The minimum atomic E-state index is -3.77. The van der Waals surface area contributed by atoms with Crippen LogP contribution >= 0.6 is 0 Å². The normalized spacial score (nSPS) is 17.6. The molecule has 7 heteroatoms. The number of nitrogens with one attached hydrogen (secondary N) is 1. The molecular weight excluding hydrogens is 274 g/mol. The van der Waals surface area contributed by atoms with Crippen LogP contribution < -0.4 is 5.32 Å². The minimum absolute atomic E-state index is 0.0855. The van der Waals surface area contributed by atoms with Crippen molar-refractivity contribution >= 4 is 9.84 Å². The molecule has 0 atom stereocenters. The van der Waals surface area contributed by atoms with Gasteiger partial charge in [0.2, 0.25) is 0 Å². The zero-order chi connectivity index (χ0) is 14.0. The first kappa shape index (κ1) is 14.4. The molecule has 1 aromatic rings. The summed E-state index contributed by atoms with van der Waals surface area (Å²) in [5, 5.41) is 3.16. The molecule has 0 unspecified atom stereocenters. The second-order valence-electron chi connectivity index (χ2n) is 4.68. The molecule has 1 N–H and O–H groups in total. The summed E-state index contributed by atoms with van der Waals surface area (Å²) in [5.74, 6) is -1.57. The van der Waals surface area contributed by atoms with Crippen molar-refractivity contribution in [2.45, 2.75) is 11.4 Å². The van der Waals surface area contributed by atoms with E-state index in [4.69, 9.17) is 0 Å². The molecule has 1 aliphatic heterocycles. The molecule has 1 aliphatic rings. The first-order valence-corrected chi connectivity index (χ1v) is 7.88. The van der Waals surface area contributed by atoms with Gasteiger partial charge in [-0.05, 0) is 12.1 Å². The van der Waals surface area contributed by atoms with Gasteiger partial charge in [0, 0.05) is 44.5 Å². The zero-order valence-electron chi connectivity index (χ0n) is 10.6. The van der Waals surface area contributed by atoms with Crippen LogP contribution in [0, 0.1) is 11.6 Å². The summed E-state index contributed by atoms with van der Waals surface area (Å²) in [7, 11) is -3.77. The van der Waals surface area contributed by atoms with E-state index in [-0.39, 0.29) is 12.1 Å². The van der Waals surface area contributed by atoms with E-state index < -0.39 is 26.4 Å². The van der Waals surface area contributed by atoms with Crippen LogP contribution in [0.2, 0.25) is 0 Å². The molecule has 1 saturated heterocycles. The molecular formula is C12H16F2N2O2S. The average Bonchev–Trinajstić information content (AvgIpc) is 2.33. The highest BCUT2D eigenvalue weighted by molar-refractivity contribution is 7.90. The van der Waals surface area contributed by atoms with E-state index in [9.17, 15) is 17.2 Å². The highest BCUT2D eigenvalue weighted by Crippen LogP contribution is 2.21. The summed E-state index contributed by atoms with van der Waals surface area (Å²) in [4.78, 5) is 1.39. The molecule has 0 amide bonds. The Morgan fingerprint density at radius 2 is 1.89 bits per heavy atom. The van der Waals surface area contributed by atoms with Crippen LogP contribution in [0.5, 0.6) is 0 Å². The van der Waals surface area contributed by atoms with Crippen LogP contribution in [-0.2, 0) is 16.4 Å². The Hall–Kier alpha value is -1.05. The molecule has 0 aromatic heterocycles. The van der Waals surface area contributed by atoms with Crippen molar-refractivity contribution in [2.75, 3.05) is 32.4 Å². The highest BCUT2D eigenvalue weighted by atomic mass is 32.2. The minimum Gasteiger partial charge on any atom is -0.314 e. The van der Waals surface area contributed by atoms with Crippen molar-refractivity contribution < 1.29 is 17.2 Å². The quantitative estimate of drug-likeness (QED) is 0.893. The second kappa shape index (κ2) is 5.52. The predicted molar refractivity (Wildman–Crippen MR) is 67.6 cm³/mol. The molecule has 2 rings (SSSR count). The summed E-state index contributed by atoms with van der Waals surface area (Å²) >= 11 is 0. The number of hydrogen-bond acceptors (Lipinski definition) is 4. The number of rotatable bonds is 3. The van der Waals surface area contributed by atoms with Gasteiger partial charge in [0.25, 0.3) is 0 Å². The molecule has 106 valence electrons. The fourth-order valence-corrected chi connectivity index (χ4v) is 2.90. The molecule has 0 saturated carbocycles. The van der Waals surface area contributed by atoms with Crippen molar-refractivity contribution in [3.8, 4) is 0 Å². The third-order valence-electron chi connectivity index (χ3n) is 3.08. The number of sulfone groups is 1. The Morgan fingerprint density at radius 1 is 1.26 bits per heavy atom. The van der Waals surface area contributed by atoms with E-state index in [1.165, 1.54) is 0 Å². The lowest BCUT2D eigenvalue weighted by molar-refractivity contribution is 0.229. The van der Waals surface area contributed by atoms with Crippen LogP contribution in [0.15, 0.2) is 17.0 Å². The van der Waals surface area contributed by atoms with E-state index in [0.717, 1.165) is 44.6 Å². The Kier molecular flexibility index (Phi) is 4.17. The van der Waals surface area contributed by atoms with Crippen molar-refractivity contribution in [1.82, 2.24) is 10.2 Å². The molecule has 0 bridgehead atoms. The summed E-state index contributed by atoms with van der Waals surface area (Å²) in [6.45, 7) is 3.24. The number of nitrogens with zero attached hydrogens (tertiary/aromatic N) is 1. The number of hydrogen-bond donors (Lipinski definition) is 1. The molecule has 1 heterocycles. The lowest BCUT2D eigenvalue weighted by Gasteiger charge is -2.27. The van der Waals surface area contributed by atoms with Crippen LogP contribution in [0.25, 0.3) is 0 Å². The Morgan fingerprint density at radius 3 is 2.47 bits per heavy atom. The summed E-state index contributed by atoms with van der Waals surface area (Å²) in [6.07, 6.45) is 0.874. The van der Waals surface area contributed by atoms with Gasteiger partial charge >= 0.3 is 0 Å². The van der Waals surface area contributed by atoms with Gasteiger partial charge in [0.05, 0.1) is 0 Å². The van der Waals surface area contributed by atoms with Crippen molar-refractivity contribution in [3.63, 3.8) is 0 Å². The average molecular weight is 290 g/mol. The number of piperazine rings is 1. The van der Waals surface area contributed by atoms with Crippen LogP contribution in [0.3, 0.4) is 0 Å².